The van der Waals surface area contributed by atoms with Gasteiger partial charge in [0, 0.05) is 17.2 Å². The standard InChI is InChI=1S/C20H16F3N3/c21-17-11-5-6-12-18(17)25-20(26-24)16-10-4-2-8-14(16)13-7-1-3-9-15(13)19(22)23/h1-12,19H,24H2,(H,25,26)/p+2. The molecule has 3 aromatic rings. The summed E-state index contributed by atoms with van der Waals surface area (Å²) in [6.07, 6.45) is -2.61. The Hall–Kier alpha value is -3.12. The first-order chi connectivity index (χ1) is 12.6. The van der Waals surface area contributed by atoms with Crippen LogP contribution in [0.15, 0.2) is 72.8 Å². The summed E-state index contributed by atoms with van der Waals surface area (Å²) in [4.78, 5) is 0. The zero-order valence-corrected chi connectivity index (χ0v) is 13.8. The van der Waals surface area contributed by atoms with Crippen molar-refractivity contribution in [3.05, 3.63) is 89.7 Å². The molecule has 0 aromatic heterocycles. The number of hydrogen-bond donors (Lipinski definition) is 3. The highest BCUT2D eigenvalue weighted by Gasteiger charge is 2.24. The van der Waals surface area contributed by atoms with Crippen LogP contribution in [0.1, 0.15) is 17.6 Å². The third-order valence-electron chi connectivity index (χ3n) is 4.06. The molecule has 0 amide bonds. The van der Waals surface area contributed by atoms with Crippen molar-refractivity contribution in [3.63, 3.8) is 0 Å². The number of hydrazine groups is 1. The quantitative estimate of drug-likeness (QED) is 0.216. The van der Waals surface area contributed by atoms with Gasteiger partial charge in [-0.15, -0.1) is 0 Å². The van der Waals surface area contributed by atoms with Crippen LogP contribution >= 0.6 is 0 Å². The van der Waals surface area contributed by atoms with Gasteiger partial charge in [-0.05, 0) is 17.7 Å². The Morgan fingerprint density at radius 2 is 1.46 bits per heavy atom. The highest BCUT2D eigenvalue weighted by atomic mass is 19.3. The molecular formula is C20H18F3N3+2. The molecule has 0 aliphatic heterocycles. The molecule has 0 bridgehead atoms. The summed E-state index contributed by atoms with van der Waals surface area (Å²) < 4.78 is 40.8. The molecule has 0 heterocycles. The fraction of sp³-hybridized carbons (Fsp3) is 0.0500. The Morgan fingerprint density at radius 1 is 0.846 bits per heavy atom. The van der Waals surface area contributed by atoms with Crippen molar-refractivity contribution in [3.8, 4) is 11.1 Å². The summed E-state index contributed by atoms with van der Waals surface area (Å²) in [6.45, 7) is 0. The second-order valence-corrected chi connectivity index (χ2v) is 5.66. The van der Waals surface area contributed by atoms with Gasteiger partial charge in [0.05, 0.1) is 0 Å². The lowest BCUT2D eigenvalue weighted by atomic mass is 9.95. The van der Waals surface area contributed by atoms with Crippen LogP contribution in [0.25, 0.3) is 11.1 Å². The summed E-state index contributed by atoms with van der Waals surface area (Å²) in [6, 6.07) is 19.6. The molecule has 6 heteroatoms. The van der Waals surface area contributed by atoms with Crippen molar-refractivity contribution < 1.29 is 23.6 Å². The first-order valence-corrected chi connectivity index (χ1v) is 8.01. The normalized spacial score (nSPS) is 11.8. The van der Waals surface area contributed by atoms with E-state index in [-0.39, 0.29) is 5.56 Å². The van der Waals surface area contributed by atoms with E-state index >= 15 is 0 Å². The number of amidine groups is 1. The monoisotopic (exact) mass is 357 g/mol. The van der Waals surface area contributed by atoms with Crippen molar-refractivity contribution in [2.45, 2.75) is 6.43 Å². The number of benzene rings is 3. The predicted octanol–water partition coefficient (Wildman–Crippen LogP) is 2.03. The fourth-order valence-corrected chi connectivity index (χ4v) is 2.83. The smallest absolute Gasteiger partial charge is 0.221 e. The highest BCUT2D eigenvalue weighted by molar-refractivity contribution is 5.96. The lowest BCUT2D eigenvalue weighted by Gasteiger charge is -2.11. The Labute approximate surface area is 149 Å². The molecule has 0 radical (unpaired) electrons. The third-order valence-corrected chi connectivity index (χ3v) is 4.06. The number of nitrogen functional groups attached to an aromatic ring is 1. The maximum atomic E-state index is 14.0. The summed E-state index contributed by atoms with van der Waals surface area (Å²) >= 11 is 0. The number of halogens is 3. The number of alkyl halides is 2. The summed E-state index contributed by atoms with van der Waals surface area (Å²) in [7, 11) is 0. The van der Waals surface area contributed by atoms with Crippen LogP contribution in [0.3, 0.4) is 0 Å². The maximum absolute atomic E-state index is 14.0. The van der Waals surface area contributed by atoms with Gasteiger partial charge in [-0.2, -0.15) is 0 Å². The van der Waals surface area contributed by atoms with E-state index in [2.05, 4.69) is 5.10 Å². The summed E-state index contributed by atoms with van der Waals surface area (Å²) in [5.74, 6) is 5.69. The van der Waals surface area contributed by atoms with Crippen LogP contribution in [0.5, 0.6) is 0 Å². The van der Waals surface area contributed by atoms with E-state index in [0.29, 0.717) is 28.2 Å². The van der Waals surface area contributed by atoms with Crippen molar-refractivity contribution >= 4 is 11.5 Å². The van der Waals surface area contributed by atoms with Crippen molar-refractivity contribution in [2.75, 3.05) is 0 Å². The van der Waals surface area contributed by atoms with Gasteiger partial charge in [-0.25, -0.2) is 24.3 Å². The molecule has 0 saturated heterocycles. The first kappa shape index (κ1) is 17.7. The van der Waals surface area contributed by atoms with Gasteiger partial charge in [0.25, 0.3) is 6.43 Å². The summed E-state index contributed by atoms with van der Waals surface area (Å²) in [5, 5.41) is 4.11. The Balaban J connectivity index is 2.08. The molecule has 0 atom stereocenters. The molecule has 132 valence electrons. The van der Waals surface area contributed by atoms with E-state index in [9.17, 15) is 13.2 Å². The van der Waals surface area contributed by atoms with E-state index in [1.165, 1.54) is 12.1 Å². The first-order valence-electron chi connectivity index (χ1n) is 8.01. The number of rotatable bonds is 4. The van der Waals surface area contributed by atoms with Crippen LogP contribution in [0, 0.1) is 5.82 Å². The third kappa shape index (κ3) is 3.60. The zero-order chi connectivity index (χ0) is 18.5. The van der Waals surface area contributed by atoms with Crippen LogP contribution in [-0.4, -0.2) is 5.84 Å². The molecule has 3 nitrogen and oxygen atoms in total. The topological polar surface area (TPSA) is 56.6 Å². The average Bonchev–Trinajstić information content (AvgIpc) is 2.67. The second kappa shape index (κ2) is 7.84. The minimum Gasteiger partial charge on any atom is -0.221 e. The molecular weight excluding hydrogens is 339 g/mol. The van der Waals surface area contributed by atoms with Gasteiger partial charge in [0.2, 0.25) is 0 Å². The van der Waals surface area contributed by atoms with E-state index in [1.807, 2.05) is 0 Å². The van der Waals surface area contributed by atoms with Crippen molar-refractivity contribution in [1.82, 2.24) is 0 Å². The highest BCUT2D eigenvalue weighted by Crippen LogP contribution is 2.32. The SMILES string of the molecule is N[NH+]=C([NH2+]c1ccccc1F)c1ccccc1-c1ccccc1C(F)F. The summed E-state index contributed by atoms with van der Waals surface area (Å²) in [5.41, 5.74) is 1.88. The number of quaternary nitrogens is 1. The van der Waals surface area contributed by atoms with Gasteiger partial charge in [0.15, 0.2) is 11.5 Å². The number of nitrogens with one attached hydrogen (secondary N) is 1. The zero-order valence-electron chi connectivity index (χ0n) is 13.8. The van der Waals surface area contributed by atoms with Crippen LogP contribution in [0.4, 0.5) is 18.9 Å². The number of hydrogen-bond acceptors (Lipinski definition) is 1. The minimum absolute atomic E-state index is 0.0674. The van der Waals surface area contributed by atoms with Gasteiger partial charge >= 0.3 is 5.84 Å². The average molecular weight is 357 g/mol. The van der Waals surface area contributed by atoms with Crippen molar-refractivity contribution in [1.29, 1.82) is 0 Å². The molecule has 0 unspecified atom stereocenters. The van der Waals surface area contributed by atoms with Crippen LogP contribution in [0.2, 0.25) is 0 Å². The van der Waals surface area contributed by atoms with Gasteiger partial charge < -0.3 is 0 Å². The predicted molar refractivity (Wildman–Crippen MR) is 94.1 cm³/mol. The van der Waals surface area contributed by atoms with E-state index in [0.717, 1.165) is 0 Å². The van der Waals surface area contributed by atoms with E-state index < -0.39 is 12.2 Å². The Morgan fingerprint density at radius 3 is 2.15 bits per heavy atom. The van der Waals surface area contributed by atoms with E-state index in [1.54, 1.807) is 66.0 Å². The Bertz CT molecular complexity index is 939. The molecule has 26 heavy (non-hydrogen) atoms. The second-order valence-electron chi connectivity index (χ2n) is 5.66. The number of nitrogens with two attached hydrogens (primary N) is 2. The minimum atomic E-state index is -2.61. The molecule has 0 fully saturated rings. The molecule has 3 rings (SSSR count). The lowest BCUT2D eigenvalue weighted by molar-refractivity contribution is -0.569. The maximum Gasteiger partial charge on any atom is 0.399 e. The van der Waals surface area contributed by atoms with Crippen molar-refractivity contribution in [2.24, 2.45) is 5.84 Å². The van der Waals surface area contributed by atoms with E-state index in [4.69, 9.17) is 5.84 Å². The van der Waals surface area contributed by atoms with Gasteiger partial charge in [0.1, 0.15) is 5.56 Å². The molecule has 0 spiro atoms. The molecule has 3 aromatic carbocycles. The molecule has 0 aliphatic carbocycles. The Kier molecular flexibility index (Phi) is 5.34. The number of para-hydroxylation sites is 1. The largest absolute Gasteiger partial charge is 0.399 e. The lowest BCUT2D eigenvalue weighted by Crippen LogP contribution is -2.99. The molecule has 0 saturated carbocycles. The molecule has 0 aliphatic rings. The van der Waals surface area contributed by atoms with Crippen LogP contribution in [-0.2, 0) is 0 Å². The molecule has 5 N–H and O–H groups in total. The van der Waals surface area contributed by atoms with Gasteiger partial charge in [-0.3, -0.25) is 0 Å². The van der Waals surface area contributed by atoms with Crippen LogP contribution < -0.4 is 16.3 Å². The number of hydrazone groups is 1. The van der Waals surface area contributed by atoms with Gasteiger partial charge in [-0.1, -0.05) is 59.7 Å². The fourth-order valence-electron chi connectivity index (χ4n) is 2.83.